The summed E-state index contributed by atoms with van der Waals surface area (Å²) < 4.78 is 39.6. The molecule has 0 saturated carbocycles. The van der Waals surface area contributed by atoms with E-state index < -0.39 is 11.7 Å². The number of piperidine rings is 1. The largest absolute Gasteiger partial charge is 0.416 e. The van der Waals surface area contributed by atoms with Gasteiger partial charge in [0.1, 0.15) is 0 Å². The van der Waals surface area contributed by atoms with E-state index in [9.17, 15) is 18.0 Å². The van der Waals surface area contributed by atoms with Crippen molar-refractivity contribution in [3.63, 3.8) is 0 Å². The molecule has 0 spiro atoms. The van der Waals surface area contributed by atoms with Crippen LogP contribution >= 0.6 is 11.3 Å². The first-order valence-electron chi connectivity index (χ1n) is 9.43. The average Bonchev–Trinajstić information content (AvgIpc) is 3.12. The zero-order valence-electron chi connectivity index (χ0n) is 15.6. The summed E-state index contributed by atoms with van der Waals surface area (Å²) in [5.74, 6) is 0.0814. The SMILES string of the molecule is O=C(CN1CCC(c2nc3ccccc3s2)CC1)Nc1cccc(C(F)(F)F)c1. The average molecular weight is 419 g/mol. The number of aromatic nitrogens is 1. The lowest BCUT2D eigenvalue weighted by atomic mass is 9.97. The summed E-state index contributed by atoms with van der Waals surface area (Å²) in [5.41, 5.74) is 0.413. The number of hydrogen-bond acceptors (Lipinski definition) is 4. The number of para-hydroxylation sites is 1. The second-order valence-corrected chi connectivity index (χ2v) is 8.26. The summed E-state index contributed by atoms with van der Waals surface area (Å²) in [6.45, 7) is 1.69. The summed E-state index contributed by atoms with van der Waals surface area (Å²) in [4.78, 5) is 19.0. The Hall–Kier alpha value is -2.45. The molecular weight excluding hydrogens is 399 g/mol. The summed E-state index contributed by atoms with van der Waals surface area (Å²) in [5, 5.41) is 3.71. The van der Waals surface area contributed by atoms with Crippen LogP contribution in [0, 0.1) is 0 Å². The molecule has 1 aliphatic heterocycles. The van der Waals surface area contributed by atoms with E-state index in [1.165, 1.54) is 16.8 Å². The van der Waals surface area contributed by atoms with E-state index in [2.05, 4.69) is 11.4 Å². The Balaban J connectivity index is 1.31. The quantitative estimate of drug-likeness (QED) is 0.637. The normalized spacial score (nSPS) is 16.2. The molecule has 29 heavy (non-hydrogen) atoms. The fraction of sp³-hybridized carbons (Fsp3) is 0.333. The summed E-state index contributed by atoms with van der Waals surface area (Å²) in [6.07, 6.45) is -2.60. The molecule has 1 N–H and O–H groups in total. The van der Waals surface area contributed by atoms with Gasteiger partial charge in [-0.2, -0.15) is 13.2 Å². The lowest BCUT2D eigenvalue weighted by Gasteiger charge is -2.30. The maximum Gasteiger partial charge on any atom is 0.416 e. The van der Waals surface area contributed by atoms with Gasteiger partial charge in [-0.15, -0.1) is 11.3 Å². The lowest BCUT2D eigenvalue weighted by Crippen LogP contribution is -2.38. The number of fused-ring (bicyclic) bond motifs is 1. The van der Waals surface area contributed by atoms with Crippen molar-refractivity contribution in [1.82, 2.24) is 9.88 Å². The second-order valence-electron chi connectivity index (χ2n) is 7.20. The number of thiazole rings is 1. The van der Waals surface area contributed by atoms with E-state index in [0.29, 0.717) is 5.92 Å². The molecule has 0 unspecified atom stereocenters. The number of carbonyl (C=O) groups is 1. The number of rotatable bonds is 4. The second kappa shape index (κ2) is 8.12. The molecule has 1 aliphatic rings. The van der Waals surface area contributed by atoms with Crippen LogP contribution in [0.5, 0.6) is 0 Å². The summed E-state index contributed by atoms with van der Waals surface area (Å²) >= 11 is 1.72. The number of halogens is 3. The smallest absolute Gasteiger partial charge is 0.325 e. The van der Waals surface area contributed by atoms with Gasteiger partial charge in [-0.3, -0.25) is 9.69 Å². The molecule has 1 amide bonds. The fourth-order valence-corrected chi connectivity index (χ4v) is 4.72. The molecule has 4 rings (SSSR count). The summed E-state index contributed by atoms with van der Waals surface area (Å²) in [6, 6.07) is 12.8. The van der Waals surface area contributed by atoms with Crippen molar-refractivity contribution in [1.29, 1.82) is 0 Å². The van der Waals surface area contributed by atoms with Gasteiger partial charge >= 0.3 is 6.18 Å². The maximum absolute atomic E-state index is 12.8. The molecule has 3 aromatic rings. The number of nitrogens with one attached hydrogen (secondary N) is 1. The van der Waals surface area contributed by atoms with Crippen molar-refractivity contribution in [2.75, 3.05) is 25.0 Å². The number of carbonyl (C=O) groups excluding carboxylic acids is 1. The Morgan fingerprint density at radius 3 is 2.62 bits per heavy atom. The van der Waals surface area contributed by atoms with Crippen molar-refractivity contribution in [2.24, 2.45) is 0 Å². The van der Waals surface area contributed by atoms with Crippen molar-refractivity contribution in [3.05, 3.63) is 59.1 Å². The van der Waals surface area contributed by atoms with Crippen LogP contribution in [0.2, 0.25) is 0 Å². The first-order chi connectivity index (χ1) is 13.9. The number of hydrogen-bond donors (Lipinski definition) is 1. The monoisotopic (exact) mass is 419 g/mol. The molecule has 152 valence electrons. The molecule has 1 saturated heterocycles. The topological polar surface area (TPSA) is 45.2 Å². The maximum atomic E-state index is 12.8. The fourth-order valence-electron chi connectivity index (χ4n) is 3.58. The Labute approximate surface area is 170 Å². The van der Waals surface area contributed by atoms with Crippen LogP contribution in [0.1, 0.15) is 29.3 Å². The Bertz CT molecular complexity index is 977. The van der Waals surface area contributed by atoms with E-state index in [0.717, 1.165) is 48.6 Å². The van der Waals surface area contributed by atoms with E-state index in [4.69, 9.17) is 4.98 Å². The molecule has 2 heterocycles. The van der Waals surface area contributed by atoms with Gasteiger partial charge in [0.05, 0.1) is 27.3 Å². The predicted molar refractivity (Wildman–Crippen MR) is 108 cm³/mol. The molecule has 8 heteroatoms. The molecule has 1 aromatic heterocycles. The third kappa shape index (κ3) is 4.76. The van der Waals surface area contributed by atoms with Gasteiger partial charge in [0.15, 0.2) is 0 Å². The van der Waals surface area contributed by atoms with Crippen molar-refractivity contribution >= 4 is 33.1 Å². The van der Waals surface area contributed by atoms with Crippen molar-refractivity contribution in [2.45, 2.75) is 24.9 Å². The first kappa shape index (κ1) is 19.8. The molecular formula is C21H20F3N3OS. The summed E-state index contributed by atoms with van der Waals surface area (Å²) in [7, 11) is 0. The number of benzene rings is 2. The molecule has 2 aromatic carbocycles. The van der Waals surface area contributed by atoms with Gasteiger partial charge in [0.25, 0.3) is 0 Å². The molecule has 0 atom stereocenters. The minimum atomic E-state index is -4.43. The number of nitrogens with zero attached hydrogens (tertiary/aromatic N) is 2. The Kier molecular flexibility index (Phi) is 5.56. The molecule has 0 radical (unpaired) electrons. The molecule has 0 aliphatic carbocycles. The van der Waals surface area contributed by atoms with Crippen LogP contribution in [0.25, 0.3) is 10.2 Å². The van der Waals surface area contributed by atoms with Crippen LogP contribution in [0.3, 0.4) is 0 Å². The highest BCUT2D eigenvalue weighted by molar-refractivity contribution is 7.18. The van der Waals surface area contributed by atoms with Crippen LogP contribution < -0.4 is 5.32 Å². The van der Waals surface area contributed by atoms with E-state index in [-0.39, 0.29) is 18.1 Å². The van der Waals surface area contributed by atoms with Gasteiger partial charge < -0.3 is 5.32 Å². The van der Waals surface area contributed by atoms with E-state index in [1.807, 2.05) is 23.1 Å². The molecule has 1 fully saturated rings. The van der Waals surface area contributed by atoms with Crippen LogP contribution in [-0.4, -0.2) is 35.4 Å². The number of likely N-dealkylation sites (tertiary alicyclic amines) is 1. The highest BCUT2D eigenvalue weighted by Crippen LogP contribution is 2.34. The third-order valence-electron chi connectivity index (χ3n) is 5.09. The van der Waals surface area contributed by atoms with Gasteiger partial charge in [-0.25, -0.2) is 4.98 Å². The minimum absolute atomic E-state index is 0.161. The van der Waals surface area contributed by atoms with E-state index in [1.54, 1.807) is 11.3 Å². The number of anilines is 1. The van der Waals surface area contributed by atoms with Gasteiger partial charge in [-0.05, 0) is 56.3 Å². The minimum Gasteiger partial charge on any atom is -0.325 e. The number of amides is 1. The first-order valence-corrected chi connectivity index (χ1v) is 10.2. The Morgan fingerprint density at radius 2 is 1.90 bits per heavy atom. The third-order valence-corrected chi connectivity index (χ3v) is 6.29. The highest BCUT2D eigenvalue weighted by Gasteiger charge is 2.30. The lowest BCUT2D eigenvalue weighted by molar-refractivity contribution is -0.137. The van der Waals surface area contributed by atoms with Gasteiger partial charge in [0.2, 0.25) is 5.91 Å². The molecule has 4 nitrogen and oxygen atoms in total. The van der Waals surface area contributed by atoms with Crippen LogP contribution in [-0.2, 0) is 11.0 Å². The van der Waals surface area contributed by atoms with E-state index >= 15 is 0 Å². The number of alkyl halides is 3. The van der Waals surface area contributed by atoms with Gasteiger partial charge in [-0.1, -0.05) is 18.2 Å². The zero-order chi connectivity index (χ0) is 20.4. The van der Waals surface area contributed by atoms with Crippen molar-refractivity contribution in [3.8, 4) is 0 Å². The standard InChI is InChI=1S/C21H20F3N3OS/c22-21(23,24)15-4-3-5-16(12-15)25-19(28)13-27-10-8-14(9-11-27)20-26-17-6-1-2-7-18(17)29-20/h1-7,12,14H,8-11,13H2,(H,25,28). The highest BCUT2D eigenvalue weighted by atomic mass is 32.1. The zero-order valence-corrected chi connectivity index (χ0v) is 16.4. The van der Waals surface area contributed by atoms with Gasteiger partial charge in [0, 0.05) is 11.6 Å². The van der Waals surface area contributed by atoms with Crippen LogP contribution in [0.4, 0.5) is 18.9 Å². The predicted octanol–water partition coefficient (Wildman–Crippen LogP) is 5.13. The Morgan fingerprint density at radius 1 is 1.14 bits per heavy atom. The van der Waals surface area contributed by atoms with Crippen LogP contribution in [0.15, 0.2) is 48.5 Å². The van der Waals surface area contributed by atoms with Crippen molar-refractivity contribution < 1.29 is 18.0 Å². The molecule has 0 bridgehead atoms.